The van der Waals surface area contributed by atoms with E-state index in [1.807, 2.05) is 7.05 Å². The van der Waals surface area contributed by atoms with E-state index in [4.69, 9.17) is 5.11 Å². The van der Waals surface area contributed by atoms with Gasteiger partial charge >= 0.3 is 0 Å². The highest BCUT2D eigenvalue weighted by Gasteiger charge is 2.25. The summed E-state index contributed by atoms with van der Waals surface area (Å²) in [6.07, 6.45) is 1.32. The van der Waals surface area contributed by atoms with Crippen molar-refractivity contribution in [1.82, 2.24) is 9.80 Å². The van der Waals surface area contributed by atoms with E-state index in [9.17, 15) is 4.79 Å². The van der Waals surface area contributed by atoms with Crippen LogP contribution in [-0.4, -0.2) is 60.1 Å². The van der Waals surface area contributed by atoms with Gasteiger partial charge in [0.25, 0.3) is 0 Å². The molecule has 0 aromatic heterocycles. The van der Waals surface area contributed by atoms with Crippen LogP contribution < -0.4 is 0 Å². The molecule has 0 radical (unpaired) electrons. The summed E-state index contributed by atoms with van der Waals surface area (Å²) < 4.78 is 0. The maximum absolute atomic E-state index is 11.2. The first kappa shape index (κ1) is 10.2. The van der Waals surface area contributed by atoms with Crippen molar-refractivity contribution >= 4 is 5.91 Å². The van der Waals surface area contributed by atoms with Gasteiger partial charge in [0, 0.05) is 19.6 Å². The Morgan fingerprint density at radius 2 is 2.38 bits per heavy atom. The summed E-state index contributed by atoms with van der Waals surface area (Å²) in [6.45, 7) is 5.66. The first-order chi connectivity index (χ1) is 6.19. The molecule has 0 aromatic carbocycles. The van der Waals surface area contributed by atoms with Crippen molar-refractivity contribution in [2.24, 2.45) is 0 Å². The smallest absolute Gasteiger partial charge is 0.246 e. The summed E-state index contributed by atoms with van der Waals surface area (Å²) in [5.74, 6) is -0.0495. The Morgan fingerprint density at radius 3 is 2.92 bits per heavy atom. The zero-order chi connectivity index (χ0) is 9.84. The van der Waals surface area contributed by atoms with Gasteiger partial charge in [-0.05, 0) is 13.1 Å². The molecular formula is C9H16N2O2. The van der Waals surface area contributed by atoms with Crippen LogP contribution in [0.25, 0.3) is 0 Å². The van der Waals surface area contributed by atoms with E-state index in [1.165, 1.54) is 6.08 Å². The van der Waals surface area contributed by atoms with Crippen molar-refractivity contribution in [1.29, 1.82) is 0 Å². The lowest BCUT2D eigenvalue weighted by atomic mass is 10.2. The van der Waals surface area contributed by atoms with Gasteiger partial charge in [-0.1, -0.05) is 6.58 Å². The number of aliphatic hydroxyl groups excluding tert-OH is 1. The summed E-state index contributed by atoms with van der Waals surface area (Å²) in [4.78, 5) is 15.0. The van der Waals surface area contributed by atoms with Crippen molar-refractivity contribution in [3.05, 3.63) is 12.7 Å². The van der Waals surface area contributed by atoms with Crippen molar-refractivity contribution in [3.63, 3.8) is 0 Å². The number of rotatable bonds is 2. The number of likely N-dealkylation sites (N-methyl/N-ethyl adjacent to an activating group) is 1. The molecule has 1 N–H and O–H groups in total. The molecule has 1 unspecified atom stereocenters. The van der Waals surface area contributed by atoms with Gasteiger partial charge in [-0.3, -0.25) is 9.69 Å². The fourth-order valence-corrected chi connectivity index (χ4v) is 1.47. The summed E-state index contributed by atoms with van der Waals surface area (Å²) in [5, 5.41) is 9.03. The molecule has 0 aliphatic carbocycles. The number of aliphatic hydroxyl groups is 1. The first-order valence-corrected chi connectivity index (χ1v) is 4.41. The highest BCUT2D eigenvalue weighted by atomic mass is 16.3. The number of hydrogen-bond acceptors (Lipinski definition) is 3. The Labute approximate surface area is 78.4 Å². The van der Waals surface area contributed by atoms with Gasteiger partial charge in [0.05, 0.1) is 12.6 Å². The Bertz CT molecular complexity index is 206. The predicted octanol–water partition coefficient (Wildman–Crippen LogP) is -0.693. The lowest BCUT2D eigenvalue weighted by Crippen LogP contribution is -2.54. The third kappa shape index (κ3) is 2.29. The van der Waals surface area contributed by atoms with Crippen LogP contribution in [0, 0.1) is 0 Å². The van der Waals surface area contributed by atoms with Crippen LogP contribution in [0.1, 0.15) is 0 Å². The van der Waals surface area contributed by atoms with Gasteiger partial charge in [0.15, 0.2) is 0 Å². The van der Waals surface area contributed by atoms with Crippen molar-refractivity contribution < 1.29 is 9.90 Å². The van der Waals surface area contributed by atoms with Gasteiger partial charge in [-0.15, -0.1) is 0 Å². The average molecular weight is 184 g/mol. The zero-order valence-corrected chi connectivity index (χ0v) is 7.94. The number of hydrogen-bond donors (Lipinski definition) is 1. The molecule has 1 saturated heterocycles. The molecule has 1 aliphatic heterocycles. The standard InChI is InChI=1S/C9H16N2O2/c1-3-9(13)11-5-4-10(2)8(6-11)7-12/h3,8,12H,1,4-7H2,2H3. The minimum atomic E-state index is -0.0495. The van der Waals surface area contributed by atoms with Crippen molar-refractivity contribution in [3.8, 4) is 0 Å². The number of carbonyl (C=O) groups excluding carboxylic acids is 1. The molecule has 1 heterocycles. The fraction of sp³-hybridized carbons (Fsp3) is 0.667. The summed E-state index contributed by atoms with van der Waals surface area (Å²) >= 11 is 0. The first-order valence-electron chi connectivity index (χ1n) is 4.41. The molecule has 4 nitrogen and oxygen atoms in total. The zero-order valence-electron chi connectivity index (χ0n) is 7.94. The third-order valence-electron chi connectivity index (χ3n) is 2.47. The summed E-state index contributed by atoms with van der Waals surface area (Å²) in [5.41, 5.74) is 0. The fourth-order valence-electron chi connectivity index (χ4n) is 1.47. The lowest BCUT2D eigenvalue weighted by Gasteiger charge is -2.38. The molecular weight excluding hydrogens is 168 g/mol. The van der Waals surface area contributed by atoms with Crippen molar-refractivity contribution in [2.75, 3.05) is 33.3 Å². The molecule has 13 heavy (non-hydrogen) atoms. The maximum Gasteiger partial charge on any atom is 0.246 e. The maximum atomic E-state index is 11.2. The van der Waals surface area contributed by atoms with Crippen LogP contribution >= 0.6 is 0 Å². The minimum absolute atomic E-state index is 0.0495. The lowest BCUT2D eigenvalue weighted by molar-refractivity contribution is -0.129. The molecule has 1 aliphatic rings. The number of amides is 1. The normalized spacial score (nSPS) is 24.5. The van der Waals surface area contributed by atoms with Gasteiger partial charge in [-0.2, -0.15) is 0 Å². The van der Waals surface area contributed by atoms with Crippen LogP contribution in [-0.2, 0) is 4.79 Å². The number of piperazine rings is 1. The molecule has 0 aromatic rings. The molecule has 4 heteroatoms. The van der Waals surface area contributed by atoms with Gasteiger partial charge in [-0.25, -0.2) is 0 Å². The molecule has 0 bridgehead atoms. The van der Waals surface area contributed by atoms with E-state index in [2.05, 4.69) is 11.5 Å². The van der Waals surface area contributed by atoms with Crippen LogP contribution in [0.15, 0.2) is 12.7 Å². The third-order valence-corrected chi connectivity index (χ3v) is 2.47. The summed E-state index contributed by atoms with van der Waals surface area (Å²) in [6, 6.07) is 0.0673. The Kier molecular flexibility index (Phi) is 3.45. The van der Waals surface area contributed by atoms with E-state index in [-0.39, 0.29) is 18.6 Å². The van der Waals surface area contributed by atoms with Crippen LogP contribution in [0.5, 0.6) is 0 Å². The summed E-state index contributed by atoms with van der Waals surface area (Å²) in [7, 11) is 1.95. The van der Waals surface area contributed by atoms with Crippen molar-refractivity contribution in [2.45, 2.75) is 6.04 Å². The monoisotopic (exact) mass is 184 g/mol. The Morgan fingerprint density at radius 1 is 1.69 bits per heavy atom. The second-order valence-electron chi connectivity index (χ2n) is 3.31. The predicted molar refractivity (Wildman–Crippen MR) is 50.3 cm³/mol. The quantitative estimate of drug-likeness (QED) is 0.578. The Balaban J connectivity index is 2.54. The highest BCUT2D eigenvalue weighted by Crippen LogP contribution is 2.07. The second-order valence-corrected chi connectivity index (χ2v) is 3.31. The number of nitrogens with zero attached hydrogens (tertiary/aromatic N) is 2. The van der Waals surface area contributed by atoms with E-state index in [0.717, 1.165) is 13.1 Å². The topological polar surface area (TPSA) is 43.8 Å². The van der Waals surface area contributed by atoms with Crippen LogP contribution in [0.2, 0.25) is 0 Å². The van der Waals surface area contributed by atoms with Gasteiger partial charge < -0.3 is 10.0 Å². The second kappa shape index (κ2) is 4.39. The molecule has 74 valence electrons. The molecule has 0 spiro atoms. The molecule has 1 atom stereocenters. The highest BCUT2D eigenvalue weighted by molar-refractivity contribution is 5.87. The van der Waals surface area contributed by atoms with E-state index in [0.29, 0.717) is 6.54 Å². The Hall–Kier alpha value is -0.870. The SMILES string of the molecule is C=CC(=O)N1CCN(C)C(CO)C1. The average Bonchev–Trinajstić information content (AvgIpc) is 2.17. The van der Waals surface area contributed by atoms with Crippen LogP contribution in [0.3, 0.4) is 0 Å². The van der Waals surface area contributed by atoms with E-state index in [1.54, 1.807) is 4.90 Å². The van der Waals surface area contributed by atoms with Crippen LogP contribution in [0.4, 0.5) is 0 Å². The van der Waals surface area contributed by atoms with Gasteiger partial charge in [0.2, 0.25) is 5.91 Å². The van der Waals surface area contributed by atoms with E-state index >= 15 is 0 Å². The number of carbonyl (C=O) groups is 1. The minimum Gasteiger partial charge on any atom is -0.395 e. The molecule has 0 saturated carbocycles. The molecule has 1 amide bonds. The molecule has 1 rings (SSSR count). The van der Waals surface area contributed by atoms with Gasteiger partial charge in [0.1, 0.15) is 0 Å². The largest absolute Gasteiger partial charge is 0.395 e. The van der Waals surface area contributed by atoms with E-state index < -0.39 is 0 Å². The molecule has 1 fully saturated rings.